The Morgan fingerprint density at radius 3 is 2.03 bits per heavy atom. The number of carbonyl (C=O) groups excluding carboxylic acids is 2. The maximum Gasteiger partial charge on any atom is 0.513 e. The maximum atomic E-state index is 15.1. The van der Waals surface area contributed by atoms with Gasteiger partial charge in [0.15, 0.2) is 29.4 Å². The molecule has 0 saturated carbocycles. The van der Waals surface area contributed by atoms with Gasteiger partial charge in [0, 0.05) is 12.4 Å². The summed E-state index contributed by atoms with van der Waals surface area (Å²) in [6, 6.07) is 19.4. The Morgan fingerprint density at radius 2 is 1.38 bits per heavy atom. The lowest BCUT2D eigenvalue weighted by atomic mass is 9.87. The number of rotatable bonds is 24. The number of ether oxygens (including phenoxy) is 8. The molecule has 1 unspecified atom stereocenters. The van der Waals surface area contributed by atoms with Gasteiger partial charge < -0.3 is 47.6 Å². The van der Waals surface area contributed by atoms with Gasteiger partial charge in [-0.15, -0.1) is 20.2 Å². The quantitative estimate of drug-likeness (QED) is 0.0165. The van der Waals surface area contributed by atoms with E-state index in [1.165, 1.54) is 75.0 Å². The van der Waals surface area contributed by atoms with Gasteiger partial charge in [0.2, 0.25) is 11.6 Å². The highest BCUT2D eigenvalue weighted by atomic mass is 32.2. The van der Waals surface area contributed by atoms with Gasteiger partial charge in [0.25, 0.3) is 26.1 Å². The fraction of sp³-hybridized carbons (Fsp3) is 0.333. The van der Waals surface area contributed by atoms with E-state index in [1.54, 1.807) is 30.3 Å². The summed E-state index contributed by atoms with van der Waals surface area (Å²) in [5.41, 5.74) is 0.863. The Bertz CT molecular complexity index is 2600. The molecule has 0 saturated heterocycles. The van der Waals surface area contributed by atoms with Gasteiger partial charge in [-0.25, -0.2) is 37.3 Å². The number of hydrogen-bond acceptors (Lipinski definition) is 22. The second-order valence-corrected chi connectivity index (χ2v) is 16.4. The van der Waals surface area contributed by atoms with E-state index in [9.17, 15) is 29.8 Å². The number of hydrogen-bond donors (Lipinski definition) is 0. The van der Waals surface area contributed by atoms with E-state index in [2.05, 4.69) is 29.6 Å². The van der Waals surface area contributed by atoms with Crippen molar-refractivity contribution in [1.29, 1.82) is 0 Å². The van der Waals surface area contributed by atoms with Gasteiger partial charge in [0.1, 0.15) is 38.8 Å². The molecule has 2 heterocycles. The zero-order valence-electron chi connectivity index (χ0n) is 37.1. The fourth-order valence-corrected chi connectivity index (χ4v) is 7.15. The van der Waals surface area contributed by atoms with Crippen molar-refractivity contribution in [2.45, 2.75) is 50.8 Å². The van der Waals surface area contributed by atoms with E-state index in [0.29, 0.717) is 9.87 Å². The predicted molar refractivity (Wildman–Crippen MR) is 232 cm³/mol. The van der Waals surface area contributed by atoms with E-state index in [1.807, 2.05) is 20.8 Å². The van der Waals surface area contributed by atoms with Crippen molar-refractivity contribution < 1.29 is 75.8 Å². The van der Waals surface area contributed by atoms with Crippen LogP contribution in [0.3, 0.4) is 0 Å². The number of benzene rings is 3. The van der Waals surface area contributed by atoms with E-state index >= 15 is 8.42 Å². The van der Waals surface area contributed by atoms with E-state index in [-0.39, 0.29) is 65.6 Å². The van der Waals surface area contributed by atoms with Crippen LogP contribution in [0.5, 0.6) is 28.9 Å². The van der Waals surface area contributed by atoms with Gasteiger partial charge in [-0.2, -0.15) is 4.98 Å². The summed E-state index contributed by atoms with van der Waals surface area (Å²) in [7, 11) is -3.47. The average molecular weight is 968 g/mol. The first-order chi connectivity index (χ1) is 32.5. The first-order valence-corrected chi connectivity index (χ1v) is 21.6. The van der Waals surface area contributed by atoms with Crippen molar-refractivity contribution in [3.05, 3.63) is 123 Å². The topological polar surface area (TPSA) is 302 Å². The SMILES string of the molecule is COc1ccccc1Oc1c(OCCOC(=O)Oc2ccc(CO[N+](=O)[O-])cc2)nc(-c2ncccn2)nc1N(C(C)OC(=O)OCCOCCO[N+](=O)[O-])S(=O)(=O)c1ccc(C(C)(C)C)cc1. The molecule has 362 valence electrons. The highest BCUT2D eigenvalue weighted by Crippen LogP contribution is 2.44. The molecule has 26 heteroatoms. The van der Waals surface area contributed by atoms with Gasteiger partial charge >= 0.3 is 12.3 Å². The van der Waals surface area contributed by atoms with Gasteiger partial charge in [-0.3, -0.25) is 0 Å². The molecule has 0 fully saturated rings. The standard InChI is InChI=1S/C42H45N7O18S/c1-28(65-40(50)61-23-21-59-22-26-63-48(52)53)47(68(56,57)32-17-13-30(14-18-32)42(2,3)4)38-35(67-34-10-7-6-9-33(34)58-5)39(46-37(45-38)36-43-19-8-20-44-36)60-24-25-62-41(51)66-31-15-11-29(12-16-31)27-64-49(54)55/h6-20,28H,21-27H2,1-5H3. The minimum atomic E-state index is -4.84. The number of sulfonamides is 1. The lowest BCUT2D eigenvalue weighted by Gasteiger charge is -2.30. The summed E-state index contributed by atoms with van der Waals surface area (Å²) < 4.78 is 75.0. The Balaban J connectivity index is 1.54. The van der Waals surface area contributed by atoms with Crippen LogP contribution in [-0.2, 0) is 50.7 Å². The second-order valence-electron chi connectivity index (χ2n) is 14.6. The van der Waals surface area contributed by atoms with Crippen LogP contribution < -0.4 is 23.3 Å². The number of aromatic nitrogens is 4. The van der Waals surface area contributed by atoms with E-state index < -0.39 is 76.0 Å². The monoisotopic (exact) mass is 967 g/mol. The van der Waals surface area contributed by atoms with Crippen LogP contribution in [0.15, 0.2) is 96.2 Å². The number of carbonyl (C=O) groups is 2. The molecule has 1 atom stereocenters. The average Bonchev–Trinajstić information content (AvgIpc) is 3.30. The molecule has 0 aliphatic rings. The summed E-state index contributed by atoms with van der Waals surface area (Å²) in [5.74, 6) is -1.64. The smallest absolute Gasteiger partial charge is 0.493 e. The van der Waals surface area contributed by atoms with Crippen molar-refractivity contribution in [3.63, 3.8) is 0 Å². The van der Waals surface area contributed by atoms with E-state index in [4.69, 9.17) is 37.9 Å². The van der Waals surface area contributed by atoms with Gasteiger partial charge in [0.05, 0.1) is 25.2 Å². The van der Waals surface area contributed by atoms with Crippen LogP contribution in [0, 0.1) is 20.2 Å². The number of nitrogens with zero attached hydrogens (tertiary/aromatic N) is 7. The molecule has 0 spiro atoms. The normalized spacial score (nSPS) is 11.6. The van der Waals surface area contributed by atoms with Crippen molar-refractivity contribution in [3.8, 4) is 40.5 Å². The number of anilines is 1. The maximum absolute atomic E-state index is 15.1. The molecule has 5 rings (SSSR count). The first kappa shape index (κ1) is 50.9. The summed E-state index contributed by atoms with van der Waals surface area (Å²) in [5, 5.41) is 19.0. The summed E-state index contributed by atoms with van der Waals surface area (Å²) in [6.45, 7) is 4.59. The summed E-state index contributed by atoms with van der Waals surface area (Å²) in [4.78, 5) is 72.5. The molecule has 0 aliphatic heterocycles. The van der Waals surface area contributed by atoms with Crippen molar-refractivity contribution in [2.24, 2.45) is 0 Å². The lowest BCUT2D eigenvalue weighted by Crippen LogP contribution is -2.42. The minimum absolute atomic E-state index is 0.0210. The molecule has 25 nitrogen and oxygen atoms in total. The fourth-order valence-electron chi connectivity index (χ4n) is 5.65. The Kier molecular flexibility index (Phi) is 17.9. The van der Waals surface area contributed by atoms with E-state index in [0.717, 1.165) is 5.56 Å². The molecule has 0 aliphatic carbocycles. The zero-order valence-corrected chi connectivity index (χ0v) is 37.9. The third-order valence-electron chi connectivity index (χ3n) is 8.82. The number of para-hydroxylation sites is 2. The van der Waals surface area contributed by atoms with Crippen molar-refractivity contribution in [1.82, 2.24) is 19.9 Å². The van der Waals surface area contributed by atoms with Crippen molar-refractivity contribution >= 4 is 28.2 Å². The summed E-state index contributed by atoms with van der Waals surface area (Å²) in [6.07, 6.45) is -1.53. The molecule has 68 heavy (non-hydrogen) atoms. The third-order valence-corrected chi connectivity index (χ3v) is 10.7. The highest BCUT2D eigenvalue weighted by molar-refractivity contribution is 7.92. The molecule has 0 bridgehead atoms. The van der Waals surface area contributed by atoms with Crippen LogP contribution in [0.2, 0.25) is 0 Å². The molecule has 2 aromatic heterocycles. The predicted octanol–water partition coefficient (Wildman–Crippen LogP) is 6.25. The second kappa shape index (κ2) is 23.9. The van der Waals surface area contributed by atoms with Crippen molar-refractivity contribution in [2.75, 3.05) is 51.1 Å². The lowest BCUT2D eigenvalue weighted by molar-refractivity contribution is -0.763. The third kappa shape index (κ3) is 14.7. The molecular formula is C42H45N7O18S. The largest absolute Gasteiger partial charge is 0.513 e. The Morgan fingerprint density at radius 1 is 0.750 bits per heavy atom. The first-order valence-electron chi connectivity index (χ1n) is 20.1. The van der Waals surface area contributed by atoms with Crippen LogP contribution in [0.1, 0.15) is 38.8 Å². The zero-order chi connectivity index (χ0) is 49.3. The van der Waals surface area contributed by atoms with Gasteiger partial charge in [-0.05, 0) is 65.9 Å². The summed E-state index contributed by atoms with van der Waals surface area (Å²) >= 11 is 0. The molecule has 5 aromatic rings. The van der Waals surface area contributed by atoms with Crippen LogP contribution >= 0.6 is 0 Å². The molecule has 3 aromatic carbocycles. The van der Waals surface area contributed by atoms with Gasteiger partial charge in [-0.1, -0.05) is 57.2 Å². The van der Waals surface area contributed by atoms with Crippen LogP contribution in [-0.4, -0.2) is 104 Å². The van der Waals surface area contributed by atoms with Crippen LogP contribution in [0.4, 0.5) is 15.4 Å². The molecule has 0 radical (unpaired) electrons. The molecule has 0 N–H and O–H groups in total. The minimum Gasteiger partial charge on any atom is -0.493 e. The van der Waals surface area contributed by atoms with Crippen LogP contribution in [0.25, 0.3) is 11.6 Å². The number of methoxy groups -OCH3 is 1. The molecule has 0 amide bonds. The Hall–Kier alpha value is -8.13. The highest BCUT2D eigenvalue weighted by Gasteiger charge is 2.39. The Labute approximate surface area is 388 Å². The molecular weight excluding hydrogens is 923 g/mol.